The maximum Gasteiger partial charge on any atom is 0.315 e. The summed E-state index contributed by atoms with van der Waals surface area (Å²) in [6.07, 6.45) is 0. The summed E-state index contributed by atoms with van der Waals surface area (Å²) in [6, 6.07) is -0.817. The lowest BCUT2D eigenvalue weighted by atomic mass is 9.93. The third-order valence-corrected chi connectivity index (χ3v) is 3.19. The van der Waals surface area contributed by atoms with Gasteiger partial charge in [-0.05, 0) is 19.5 Å². The Morgan fingerprint density at radius 1 is 1.35 bits per heavy atom. The lowest BCUT2D eigenvalue weighted by Crippen LogP contribution is -2.49. The van der Waals surface area contributed by atoms with Gasteiger partial charge in [0.2, 0.25) is 0 Å². The fourth-order valence-electron chi connectivity index (χ4n) is 2.39. The van der Waals surface area contributed by atoms with Crippen molar-refractivity contribution >= 4 is 12.0 Å². The maximum atomic E-state index is 11.8. The van der Waals surface area contributed by atoms with E-state index in [0.29, 0.717) is 6.54 Å². The van der Waals surface area contributed by atoms with Crippen molar-refractivity contribution in [3.63, 3.8) is 0 Å². The summed E-state index contributed by atoms with van der Waals surface area (Å²) in [4.78, 5) is 24.9. The molecule has 0 spiro atoms. The Hall–Kier alpha value is -1.34. The van der Waals surface area contributed by atoms with Gasteiger partial charge in [0.25, 0.3) is 0 Å². The fraction of sp³-hybridized carbons (Fsp3) is 0.846. The molecule has 2 unspecified atom stereocenters. The highest BCUT2D eigenvalue weighted by atomic mass is 16.5. The molecule has 0 aromatic carbocycles. The molecule has 0 bridgehead atoms. The van der Waals surface area contributed by atoms with Gasteiger partial charge in [-0.2, -0.15) is 0 Å². The lowest BCUT2D eigenvalue weighted by Gasteiger charge is -2.28. The zero-order chi connectivity index (χ0) is 15.3. The van der Waals surface area contributed by atoms with E-state index in [1.165, 1.54) is 0 Å². The minimum Gasteiger partial charge on any atom is -0.481 e. The molecular weight excluding hydrogens is 262 g/mol. The molecule has 20 heavy (non-hydrogen) atoms. The van der Waals surface area contributed by atoms with Gasteiger partial charge < -0.3 is 25.4 Å². The molecule has 0 aliphatic carbocycles. The number of urea groups is 1. The molecule has 1 aliphatic rings. The number of carbonyl (C=O) groups is 2. The van der Waals surface area contributed by atoms with Crippen LogP contribution in [0.25, 0.3) is 0 Å². The van der Waals surface area contributed by atoms with Crippen LogP contribution in [0.15, 0.2) is 0 Å². The SMILES string of the molecule is CN(C)CC(C)(C)CNC(=O)NC1COCC1C(=O)O. The van der Waals surface area contributed by atoms with Crippen molar-refractivity contribution in [2.75, 3.05) is 40.4 Å². The predicted molar refractivity (Wildman–Crippen MR) is 74.6 cm³/mol. The first-order chi connectivity index (χ1) is 9.21. The molecule has 7 nitrogen and oxygen atoms in total. The van der Waals surface area contributed by atoms with Gasteiger partial charge in [-0.15, -0.1) is 0 Å². The van der Waals surface area contributed by atoms with Crippen LogP contribution in [0.2, 0.25) is 0 Å². The lowest BCUT2D eigenvalue weighted by molar-refractivity contribution is -0.142. The third kappa shape index (κ3) is 5.34. The number of carbonyl (C=O) groups excluding carboxylic acids is 1. The number of hydrogen-bond acceptors (Lipinski definition) is 4. The van der Waals surface area contributed by atoms with Crippen molar-refractivity contribution in [3.8, 4) is 0 Å². The Kier molecular flexibility index (Phi) is 5.76. The zero-order valence-corrected chi connectivity index (χ0v) is 12.6. The average Bonchev–Trinajstić information content (AvgIpc) is 2.73. The summed E-state index contributed by atoms with van der Waals surface area (Å²) < 4.78 is 5.10. The average molecular weight is 287 g/mol. The molecule has 116 valence electrons. The molecule has 2 amide bonds. The van der Waals surface area contributed by atoms with Crippen LogP contribution in [-0.2, 0) is 9.53 Å². The molecule has 7 heteroatoms. The number of rotatable bonds is 6. The van der Waals surface area contributed by atoms with Crippen molar-refractivity contribution in [1.82, 2.24) is 15.5 Å². The molecular formula is C13H25N3O4. The summed E-state index contributed by atoms with van der Waals surface area (Å²) in [5.41, 5.74) is -0.0563. The van der Waals surface area contributed by atoms with Gasteiger partial charge in [-0.1, -0.05) is 13.8 Å². The minimum absolute atomic E-state index is 0.0563. The highest BCUT2D eigenvalue weighted by molar-refractivity contribution is 5.77. The Morgan fingerprint density at radius 3 is 2.55 bits per heavy atom. The Labute approximate surface area is 119 Å². The number of ether oxygens (including phenoxy) is 1. The number of nitrogens with zero attached hydrogens (tertiary/aromatic N) is 1. The number of aliphatic carboxylic acids is 1. The van der Waals surface area contributed by atoms with E-state index in [1.807, 2.05) is 14.1 Å². The van der Waals surface area contributed by atoms with Crippen LogP contribution in [-0.4, -0.2) is 68.4 Å². The molecule has 1 heterocycles. The quantitative estimate of drug-likeness (QED) is 0.638. The van der Waals surface area contributed by atoms with Gasteiger partial charge in [0, 0.05) is 13.1 Å². The van der Waals surface area contributed by atoms with Crippen LogP contribution < -0.4 is 10.6 Å². The maximum absolute atomic E-state index is 11.8. The smallest absolute Gasteiger partial charge is 0.315 e. The fourth-order valence-corrected chi connectivity index (χ4v) is 2.39. The molecule has 0 saturated carbocycles. The Morgan fingerprint density at radius 2 is 2.00 bits per heavy atom. The standard InChI is InChI=1S/C13H25N3O4/c1-13(2,8-16(3)4)7-14-12(19)15-10-6-20-5-9(10)11(17)18/h9-10H,5-8H2,1-4H3,(H,17,18)(H2,14,15,19). The Bertz CT molecular complexity index is 358. The second kappa shape index (κ2) is 6.90. The molecule has 1 aliphatic heterocycles. The molecule has 1 fully saturated rings. The molecule has 0 aromatic rings. The first kappa shape index (κ1) is 16.7. The van der Waals surface area contributed by atoms with E-state index in [-0.39, 0.29) is 24.7 Å². The van der Waals surface area contributed by atoms with E-state index < -0.39 is 17.9 Å². The number of carboxylic acids is 1. The van der Waals surface area contributed by atoms with Gasteiger partial charge in [-0.25, -0.2) is 4.79 Å². The van der Waals surface area contributed by atoms with Crippen molar-refractivity contribution in [3.05, 3.63) is 0 Å². The van der Waals surface area contributed by atoms with Crippen LogP contribution in [0.3, 0.4) is 0 Å². The monoisotopic (exact) mass is 287 g/mol. The van der Waals surface area contributed by atoms with Crippen LogP contribution in [0.5, 0.6) is 0 Å². The normalized spacial score (nSPS) is 22.9. The largest absolute Gasteiger partial charge is 0.481 e. The second-order valence-electron chi connectivity index (χ2n) is 6.32. The van der Waals surface area contributed by atoms with Gasteiger partial charge in [-0.3, -0.25) is 4.79 Å². The van der Waals surface area contributed by atoms with Crippen molar-refractivity contribution in [2.24, 2.45) is 11.3 Å². The highest BCUT2D eigenvalue weighted by Gasteiger charge is 2.35. The molecule has 0 aromatic heterocycles. The van der Waals surface area contributed by atoms with E-state index >= 15 is 0 Å². The third-order valence-electron chi connectivity index (χ3n) is 3.19. The Balaban J connectivity index is 2.38. The number of hydrogen-bond donors (Lipinski definition) is 3. The van der Waals surface area contributed by atoms with E-state index in [9.17, 15) is 9.59 Å². The van der Waals surface area contributed by atoms with Crippen LogP contribution >= 0.6 is 0 Å². The topological polar surface area (TPSA) is 90.9 Å². The summed E-state index contributed by atoms with van der Waals surface area (Å²) in [7, 11) is 3.96. The van der Waals surface area contributed by atoms with Gasteiger partial charge in [0.05, 0.1) is 19.3 Å². The van der Waals surface area contributed by atoms with E-state index in [0.717, 1.165) is 6.54 Å². The molecule has 2 atom stereocenters. The van der Waals surface area contributed by atoms with Crippen LogP contribution in [0, 0.1) is 11.3 Å². The van der Waals surface area contributed by atoms with Crippen molar-refractivity contribution < 1.29 is 19.4 Å². The number of amides is 2. The summed E-state index contributed by atoms with van der Waals surface area (Å²) in [5.74, 6) is -1.61. The summed E-state index contributed by atoms with van der Waals surface area (Å²) in [5, 5.41) is 14.5. The predicted octanol–water partition coefficient (Wildman–Crippen LogP) is -0.0270. The first-order valence-electron chi connectivity index (χ1n) is 6.71. The van der Waals surface area contributed by atoms with Gasteiger partial charge >= 0.3 is 12.0 Å². The highest BCUT2D eigenvalue weighted by Crippen LogP contribution is 2.15. The number of carboxylic acid groups (broad SMARTS) is 1. The van der Waals surface area contributed by atoms with E-state index in [4.69, 9.17) is 9.84 Å². The number of nitrogens with one attached hydrogen (secondary N) is 2. The minimum atomic E-state index is -0.944. The van der Waals surface area contributed by atoms with Crippen LogP contribution in [0.1, 0.15) is 13.8 Å². The zero-order valence-electron chi connectivity index (χ0n) is 12.6. The molecule has 0 radical (unpaired) electrons. The second-order valence-corrected chi connectivity index (χ2v) is 6.32. The first-order valence-corrected chi connectivity index (χ1v) is 6.71. The van der Waals surface area contributed by atoms with E-state index in [2.05, 4.69) is 29.4 Å². The summed E-state index contributed by atoms with van der Waals surface area (Å²) >= 11 is 0. The van der Waals surface area contributed by atoms with E-state index in [1.54, 1.807) is 0 Å². The van der Waals surface area contributed by atoms with Crippen molar-refractivity contribution in [2.45, 2.75) is 19.9 Å². The van der Waals surface area contributed by atoms with Crippen molar-refractivity contribution in [1.29, 1.82) is 0 Å². The van der Waals surface area contributed by atoms with Gasteiger partial charge in [0.15, 0.2) is 0 Å². The molecule has 1 rings (SSSR count). The summed E-state index contributed by atoms with van der Waals surface area (Å²) in [6.45, 7) is 5.87. The molecule has 3 N–H and O–H groups in total. The molecule has 1 saturated heterocycles. The van der Waals surface area contributed by atoms with Gasteiger partial charge in [0.1, 0.15) is 5.92 Å². The van der Waals surface area contributed by atoms with Crippen LogP contribution in [0.4, 0.5) is 4.79 Å².